The summed E-state index contributed by atoms with van der Waals surface area (Å²) in [7, 11) is 0. The van der Waals surface area contributed by atoms with Gasteiger partial charge in [-0.15, -0.1) is 0 Å². The quantitative estimate of drug-likeness (QED) is 0.725. The monoisotopic (exact) mass is 438 g/mol. The van der Waals surface area contributed by atoms with Crippen LogP contribution in [0.15, 0.2) is 42.1 Å². The summed E-state index contributed by atoms with van der Waals surface area (Å²) in [5.74, 6) is -0.539. The van der Waals surface area contributed by atoms with Crippen LogP contribution in [0.25, 0.3) is 5.57 Å². The number of hydrogen-bond acceptors (Lipinski definition) is 4. The Balaban J connectivity index is 1.87. The van der Waals surface area contributed by atoms with Crippen molar-refractivity contribution in [1.29, 1.82) is 0 Å². The minimum atomic E-state index is -0.316. The fourth-order valence-corrected chi connectivity index (χ4v) is 4.88. The molecule has 4 rings (SSSR count). The molecule has 2 amide bonds. The maximum Gasteiger partial charge on any atom is 0.282 e. The number of hydrogen-bond donors (Lipinski definition) is 1. The molecule has 0 bridgehead atoms. The molecule has 2 heterocycles. The van der Waals surface area contributed by atoms with Gasteiger partial charge >= 0.3 is 0 Å². The summed E-state index contributed by atoms with van der Waals surface area (Å²) in [5.41, 5.74) is 5.02. The highest BCUT2D eigenvalue weighted by molar-refractivity contribution is 6.45. The third-order valence-corrected chi connectivity index (χ3v) is 6.44. The summed E-state index contributed by atoms with van der Waals surface area (Å²) in [6, 6.07) is 11.1. The fraction of sp³-hybridized carbons (Fsp3) is 0.360. The van der Waals surface area contributed by atoms with Gasteiger partial charge in [0.15, 0.2) is 0 Å². The lowest BCUT2D eigenvalue weighted by Crippen LogP contribution is -2.40. The Hall–Kier alpha value is -2.63. The molecule has 2 aliphatic heterocycles. The molecule has 2 aromatic rings. The highest BCUT2D eigenvalue weighted by Crippen LogP contribution is 2.39. The number of aliphatic hydroxyl groups is 1. The zero-order valence-electron chi connectivity index (χ0n) is 18.1. The van der Waals surface area contributed by atoms with Crippen LogP contribution in [0, 0.1) is 26.7 Å². The van der Waals surface area contributed by atoms with Crippen molar-refractivity contribution in [2.75, 3.05) is 24.6 Å². The van der Waals surface area contributed by atoms with Crippen LogP contribution in [-0.4, -0.2) is 41.5 Å². The van der Waals surface area contributed by atoms with Crippen LogP contribution in [0.5, 0.6) is 0 Å². The van der Waals surface area contributed by atoms with Crippen LogP contribution in [-0.2, 0) is 9.59 Å². The molecule has 2 aromatic carbocycles. The number of carbonyl (C=O) groups excluding carboxylic acids is 2. The van der Waals surface area contributed by atoms with E-state index in [-0.39, 0.29) is 24.3 Å². The second kappa shape index (κ2) is 8.48. The molecule has 0 radical (unpaired) electrons. The molecule has 6 heteroatoms. The molecular formula is C25H27ClN2O3. The van der Waals surface area contributed by atoms with Gasteiger partial charge in [-0.05, 0) is 74.4 Å². The van der Waals surface area contributed by atoms with Crippen molar-refractivity contribution in [1.82, 2.24) is 4.90 Å². The van der Waals surface area contributed by atoms with Crippen molar-refractivity contribution >= 4 is 34.7 Å². The molecule has 31 heavy (non-hydrogen) atoms. The van der Waals surface area contributed by atoms with Gasteiger partial charge < -0.3 is 10.0 Å². The van der Waals surface area contributed by atoms with E-state index in [4.69, 9.17) is 11.6 Å². The number of benzene rings is 2. The Labute approximate surface area is 187 Å². The van der Waals surface area contributed by atoms with Crippen LogP contribution < -0.4 is 4.90 Å². The van der Waals surface area contributed by atoms with Gasteiger partial charge in [-0.2, -0.15) is 0 Å². The van der Waals surface area contributed by atoms with Crippen LogP contribution >= 0.6 is 11.6 Å². The molecule has 1 unspecified atom stereocenters. The second-order valence-electron chi connectivity index (χ2n) is 8.56. The Bertz CT molecular complexity index is 1090. The lowest BCUT2D eigenvalue weighted by molar-refractivity contribution is -0.120. The van der Waals surface area contributed by atoms with E-state index in [0.29, 0.717) is 35.1 Å². The number of carbonyl (C=O) groups is 2. The zero-order chi connectivity index (χ0) is 22.3. The van der Waals surface area contributed by atoms with E-state index in [1.54, 1.807) is 18.2 Å². The van der Waals surface area contributed by atoms with E-state index >= 15 is 0 Å². The summed E-state index contributed by atoms with van der Waals surface area (Å²) in [4.78, 5) is 30.7. The van der Waals surface area contributed by atoms with E-state index in [1.807, 2.05) is 43.9 Å². The number of anilines is 1. The SMILES string of the molecule is Cc1ccc(C2=C(N3CCCC(CO)C3)C(=O)N(c3ccc(Cl)cc3C)C2=O)c(C)c1. The van der Waals surface area contributed by atoms with Crippen LogP contribution in [0.2, 0.25) is 5.02 Å². The Morgan fingerprint density at radius 2 is 1.81 bits per heavy atom. The normalized spacial score (nSPS) is 19.6. The first-order chi connectivity index (χ1) is 14.8. The van der Waals surface area contributed by atoms with E-state index < -0.39 is 0 Å². The van der Waals surface area contributed by atoms with Gasteiger partial charge in [0, 0.05) is 24.7 Å². The number of imide groups is 1. The summed E-state index contributed by atoms with van der Waals surface area (Å²) in [6.45, 7) is 7.14. The molecule has 2 aliphatic rings. The first-order valence-corrected chi connectivity index (χ1v) is 11.0. The first kappa shape index (κ1) is 21.6. The number of aliphatic hydroxyl groups excluding tert-OH is 1. The summed E-state index contributed by atoms with van der Waals surface area (Å²) >= 11 is 6.11. The van der Waals surface area contributed by atoms with Crippen LogP contribution in [0.3, 0.4) is 0 Å². The zero-order valence-corrected chi connectivity index (χ0v) is 18.9. The van der Waals surface area contributed by atoms with Gasteiger partial charge in [-0.3, -0.25) is 9.59 Å². The van der Waals surface area contributed by atoms with Gasteiger partial charge in [-0.25, -0.2) is 4.90 Å². The van der Waals surface area contributed by atoms with Crippen molar-refractivity contribution in [3.8, 4) is 0 Å². The Morgan fingerprint density at radius 1 is 1.03 bits per heavy atom. The summed E-state index contributed by atoms with van der Waals surface area (Å²) in [5, 5.41) is 10.3. The Kier molecular flexibility index (Phi) is 5.91. The van der Waals surface area contributed by atoms with Crippen LogP contribution in [0.4, 0.5) is 5.69 Å². The van der Waals surface area contributed by atoms with E-state index in [1.165, 1.54) is 4.90 Å². The van der Waals surface area contributed by atoms with Crippen molar-refractivity contribution in [3.05, 3.63) is 69.4 Å². The molecule has 0 aliphatic carbocycles. The molecule has 1 N–H and O–H groups in total. The molecule has 1 saturated heterocycles. The maximum absolute atomic E-state index is 13.7. The van der Waals surface area contributed by atoms with Gasteiger partial charge in [0.1, 0.15) is 5.70 Å². The predicted molar refractivity (Wildman–Crippen MR) is 123 cm³/mol. The molecule has 1 atom stereocenters. The van der Waals surface area contributed by atoms with E-state index in [2.05, 4.69) is 0 Å². The number of likely N-dealkylation sites (tertiary alicyclic amines) is 1. The number of amides is 2. The fourth-order valence-electron chi connectivity index (χ4n) is 4.65. The molecule has 1 fully saturated rings. The minimum Gasteiger partial charge on any atom is -0.396 e. The number of halogens is 1. The van der Waals surface area contributed by atoms with Gasteiger partial charge in [0.25, 0.3) is 11.8 Å². The molecular weight excluding hydrogens is 412 g/mol. The molecule has 0 saturated carbocycles. The lowest BCUT2D eigenvalue weighted by atomic mass is 9.95. The van der Waals surface area contributed by atoms with Crippen LogP contribution in [0.1, 0.15) is 35.1 Å². The standard InChI is InChI=1S/C25H27ClN2O3/c1-15-6-8-20(16(2)11-15)22-23(27-10-4-5-18(13-27)14-29)25(31)28(24(22)30)21-9-7-19(26)12-17(21)3/h6-9,11-12,18,29H,4-5,10,13-14H2,1-3H3. The van der Waals surface area contributed by atoms with Gasteiger partial charge in [0.05, 0.1) is 11.3 Å². The summed E-state index contributed by atoms with van der Waals surface area (Å²) < 4.78 is 0. The number of rotatable bonds is 4. The Morgan fingerprint density at radius 3 is 2.48 bits per heavy atom. The van der Waals surface area contributed by atoms with E-state index in [0.717, 1.165) is 35.1 Å². The first-order valence-electron chi connectivity index (χ1n) is 10.6. The van der Waals surface area contributed by atoms with Crippen molar-refractivity contribution < 1.29 is 14.7 Å². The topological polar surface area (TPSA) is 60.9 Å². The van der Waals surface area contributed by atoms with Crippen molar-refractivity contribution in [2.45, 2.75) is 33.6 Å². The highest BCUT2D eigenvalue weighted by atomic mass is 35.5. The van der Waals surface area contributed by atoms with Gasteiger partial charge in [-0.1, -0.05) is 35.4 Å². The van der Waals surface area contributed by atoms with E-state index in [9.17, 15) is 14.7 Å². The molecule has 0 aromatic heterocycles. The lowest BCUT2D eigenvalue weighted by Gasteiger charge is -2.34. The third-order valence-electron chi connectivity index (χ3n) is 6.20. The second-order valence-corrected chi connectivity index (χ2v) is 8.99. The average Bonchev–Trinajstić information content (AvgIpc) is 2.98. The average molecular weight is 439 g/mol. The number of nitrogens with zero attached hydrogens (tertiary/aromatic N) is 2. The smallest absolute Gasteiger partial charge is 0.282 e. The summed E-state index contributed by atoms with van der Waals surface area (Å²) in [6.07, 6.45) is 1.79. The number of piperidine rings is 1. The molecule has 0 spiro atoms. The largest absolute Gasteiger partial charge is 0.396 e. The minimum absolute atomic E-state index is 0.0742. The predicted octanol–water partition coefficient (Wildman–Crippen LogP) is 4.25. The third kappa shape index (κ3) is 3.88. The maximum atomic E-state index is 13.7. The highest BCUT2D eigenvalue weighted by Gasteiger charge is 2.44. The molecule has 162 valence electrons. The van der Waals surface area contributed by atoms with Crippen molar-refractivity contribution in [3.63, 3.8) is 0 Å². The van der Waals surface area contributed by atoms with Gasteiger partial charge in [0.2, 0.25) is 0 Å². The van der Waals surface area contributed by atoms with Crippen molar-refractivity contribution in [2.24, 2.45) is 5.92 Å². The number of aryl methyl sites for hydroxylation is 3. The molecule has 5 nitrogen and oxygen atoms in total.